The third kappa shape index (κ3) is 2.86. The molecule has 0 atom stereocenters. The summed E-state index contributed by atoms with van der Waals surface area (Å²) in [5.41, 5.74) is -1.29. The van der Waals surface area contributed by atoms with E-state index in [1.165, 1.54) is 11.8 Å². The maximum absolute atomic E-state index is 12.7. The molecule has 0 amide bonds. The van der Waals surface area contributed by atoms with E-state index < -0.39 is 22.4 Å². The Labute approximate surface area is 114 Å². The lowest BCUT2D eigenvalue weighted by Crippen LogP contribution is -2.10. The second-order valence-electron chi connectivity index (χ2n) is 3.63. The van der Waals surface area contributed by atoms with Gasteiger partial charge in [0.05, 0.1) is 21.9 Å². The lowest BCUT2D eigenvalue weighted by Gasteiger charge is -2.16. The van der Waals surface area contributed by atoms with Gasteiger partial charge in [0.1, 0.15) is 4.38 Å². The van der Waals surface area contributed by atoms with Gasteiger partial charge in [0.25, 0.3) is 5.69 Å². The first-order valence-electron chi connectivity index (χ1n) is 4.97. The number of fused-ring (bicyclic) bond motifs is 1. The third-order valence-corrected chi connectivity index (χ3v) is 4.62. The van der Waals surface area contributed by atoms with Gasteiger partial charge < -0.3 is 0 Å². The van der Waals surface area contributed by atoms with Crippen molar-refractivity contribution in [1.82, 2.24) is 0 Å². The van der Waals surface area contributed by atoms with Crippen molar-refractivity contribution >= 4 is 33.6 Å². The zero-order valence-corrected chi connectivity index (χ0v) is 11.2. The number of rotatable bonds is 1. The van der Waals surface area contributed by atoms with Gasteiger partial charge in [0.15, 0.2) is 0 Å². The number of hydrogen-bond acceptors (Lipinski definition) is 5. The van der Waals surface area contributed by atoms with Crippen LogP contribution in [0.4, 0.5) is 18.9 Å². The topological polar surface area (TPSA) is 55.5 Å². The van der Waals surface area contributed by atoms with Crippen LogP contribution in [-0.2, 0) is 12.7 Å². The van der Waals surface area contributed by atoms with Gasteiger partial charge in [-0.3, -0.25) is 15.1 Å². The van der Waals surface area contributed by atoms with E-state index in [1.54, 1.807) is 6.26 Å². The van der Waals surface area contributed by atoms with Crippen molar-refractivity contribution in [1.29, 1.82) is 0 Å². The van der Waals surface area contributed by atoms with Crippen molar-refractivity contribution < 1.29 is 18.1 Å². The minimum absolute atomic E-state index is 0.0310. The molecule has 102 valence electrons. The number of nitro benzene ring substituents is 1. The summed E-state index contributed by atoms with van der Waals surface area (Å²) in [7, 11) is 0. The predicted octanol–water partition coefficient (Wildman–Crippen LogP) is 3.94. The van der Waals surface area contributed by atoms with E-state index in [4.69, 9.17) is 0 Å². The first kappa shape index (κ1) is 14.2. The van der Waals surface area contributed by atoms with Crippen LogP contribution in [0.15, 0.2) is 22.0 Å². The quantitative estimate of drug-likeness (QED) is 0.582. The Balaban J connectivity index is 2.57. The van der Waals surface area contributed by atoms with Crippen LogP contribution in [0.3, 0.4) is 0 Å². The number of nitrogens with zero attached hydrogens (tertiary/aromatic N) is 2. The highest BCUT2D eigenvalue weighted by atomic mass is 32.2. The summed E-state index contributed by atoms with van der Waals surface area (Å²) in [6.45, 7) is 0.0310. The summed E-state index contributed by atoms with van der Waals surface area (Å²) in [6, 6.07) is 1.50. The van der Waals surface area contributed by atoms with Crippen LogP contribution in [0.1, 0.15) is 11.1 Å². The lowest BCUT2D eigenvalue weighted by molar-refractivity contribution is -0.388. The summed E-state index contributed by atoms with van der Waals surface area (Å²) < 4.78 is 38.6. The number of thioether (sulfide) groups is 2. The molecule has 4 nitrogen and oxygen atoms in total. The summed E-state index contributed by atoms with van der Waals surface area (Å²) in [5, 5.41) is 10.9. The van der Waals surface area contributed by atoms with Crippen molar-refractivity contribution in [2.75, 3.05) is 6.26 Å². The average molecular weight is 308 g/mol. The molecule has 1 heterocycles. The minimum Gasteiger partial charge on any atom is -0.267 e. The van der Waals surface area contributed by atoms with E-state index in [1.807, 2.05) is 0 Å². The molecule has 0 aromatic heterocycles. The lowest BCUT2D eigenvalue weighted by atomic mass is 10.1. The highest BCUT2D eigenvalue weighted by molar-refractivity contribution is 8.38. The molecule has 1 aromatic rings. The van der Waals surface area contributed by atoms with Gasteiger partial charge in [0, 0.05) is 6.07 Å². The average Bonchev–Trinajstić information content (AvgIpc) is 2.35. The number of aliphatic imine (C=N–C) groups is 1. The zero-order chi connectivity index (χ0) is 14.2. The van der Waals surface area contributed by atoms with Crippen molar-refractivity contribution in [3.63, 3.8) is 0 Å². The number of alkyl halides is 3. The Hall–Kier alpha value is -1.22. The second-order valence-corrected chi connectivity index (χ2v) is 5.68. The van der Waals surface area contributed by atoms with Crippen LogP contribution in [0, 0.1) is 10.1 Å². The summed E-state index contributed by atoms with van der Waals surface area (Å²) >= 11 is 2.34. The van der Waals surface area contributed by atoms with Gasteiger partial charge in [-0.2, -0.15) is 13.2 Å². The van der Waals surface area contributed by atoms with Crippen LogP contribution in [0.25, 0.3) is 0 Å². The minimum atomic E-state index is -4.60. The summed E-state index contributed by atoms with van der Waals surface area (Å²) in [5.74, 6) is 0. The smallest absolute Gasteiger partial charge is 0.267 e. The monoisotopic (exact) mass is 308 g/mol. The molecular weight excluding hydrogens is 301 g/mol. The van der Waals surface area contributed by atoms with E-state index in [0.29, 0.717) is 10.4 Å². The third-order valence-electron chi connectivity index (χ3n) is 2.41. The molecule has 2 rings (SSSR count). The fraction of sp³-hybridized carbons (Fsp3) is 0.300. The van der Waals surface area contributed by atoms with Crippen molar-refractivity contribution in [2.45, 2.75) is 17.6 Å². The van der Waals surface area contributed by atoms with Crippen LogP contribution < -0.4 is 0 Å². The molecule has 0 saturated heterocycles. The fourth-order valence-corrected chi connectivity index (χ4v) is 3.16. The highest BCUT2D eigenvalue weighted by Gasteiger charge is 2.35. The highest BCUT2D eigenvalue weighted by Crippen LogP contribution is 2.43. The van der Waals surface area contributed by atoms with E-state index >= 15 is 0 Å². The first-order valence-corrected chi connectivity index (χ1v) is 7.02. The summed E-state index contributed by atoms with van der Waals surface area (Å²) in [4.78, 5) is 14.5. The van der Waals surface area contributed by atoms with Gasteiger partial charge in [-0.1, -0.05) is 11.8 Å². The van der Waals surface area contributed by atoms with Gasteiger partial charge in [-0.15, -0.1) is 11.8 Å². The van der Waals surface area contributed by atoms with Crippen LogP contribution in [0.2, 0.25) is 0 Å². The molecule has 1 aromatic carbocycles. The van der Waals surface area contributed by atoms with Crippen LogP contribution in [0.5, 0.6) is 0 Å². The van der Waals surface area contributed by atoms with Crippen molar-refractivity contribution in [3.05, 3.63) is 33.4 Å². The fourth-order valence-electron chi connectivity index (χ4n) is 1.58. The molecule has 0 saturated carbocycles. The predicted molar refractivity (Wildman–Crippen MR) is 68.6 cm³/mol. The van der Waals surface area contributed by atoms with Gasteiger partial charge in [-0.25, -0.2) is 0 Å². The molecule has 19 heavy (non-hydrogen) atoms. The maximum Gasteiger partial charge on any atom is 0.416 e. The Morgan fingerprint density at radius 2 is 2.16 bits per heavy atom. The number of hydrogen-bond donors (Lipinski definition) is 0. The molecule has 0 spiro atoms. The van der Waals surface area contributed by atoms with Crippen molar-refractivity contribution in [2.24, 2.45) is 4.99 Å². The van der Waals surface area contributed by atoms with Crippen LogP contribution >= 0.6 is 23.5 Å². The molecule has 0 aliphatic carbocycles. The standard InChI is InChI=1S/C10H7F3N2O2S2/c1-18-9-14-4-5-2-6(10(11,12)13)3-7(15(16)17)8(5)19-9/h2-3H,4H2,1H3. The molecule has 0 bridgehead atoms. The summed E-state index contributed by atoms with van der Waals surface area (Å²) in [6.07, 6.45) is -2.85. The number of benzene rings is 1. The molecule has 0 unspecified atom stereocenters. The Morgan fingerprint density at radius 1 is 1.47 bits per heavy atom. The number of nitro groups is 1. The molecule has 0 fully saturated rings. The van der Waals surface area contributed by atoms with Gasteiger partial charge in [-0.05, 0) is 17.9 Å². The van der Waals surface area contributed by atoms with Gasteiger partial charge >= 0.3 is 6.18 Å². The molecule has 1 aliphatic heterocycles. The van der Waals surface area contributed by atoms with Crippen molar-refractivity contribution in [3.8, 4) is 0 Å². The Morgan fingerprint density at radius 3 is 2.68 bits per heavy atom. The van der Waals surface area contributed by atoms with Gasteiger partial charge in [0.2, 0.25) is 0 Å². The number of halogens is 3. The second kappa shape index (κ2) is 5.04. The van der Waals surface area contributed by atoms with E-state index in [9.17, 15) is 23.3 Å². The maximum atomic E-state index is 12.7. The van der Waals surface area contributed by atoms with Crippen LogP contribution in [-0.4, -0.2) is 15.6 Å². The van der Waals surface area contributed by atoms with E-state index in [2.05, 4.69) is 4.99 Å². The molecule has 0 N–H and O–H groups in total. The Bertz CT molecular complexity index is 573. The zero-order valence-electron chi connectivity index (χ0n) is 9.52. The molecule has 0 radical (unpaired) electrons. The molecule has 9 heteroatoms. The van der Waals surface area contributed by atoms with E-state index in [0.717, 1.165) is 17.8 Å². The molecular formula is C10H7F3N2O2S2. The Kier molecular flexibility index (Phi) is 3.77. The first-order chi connectivity index (χ1) is 8.82. The SMILES string of the molecule is CSC1=NCc2cc(C(F)(F)F)cc([N+](=O)[O-])c2S1. The van der Waals surface area contributed by atoms with E-state index in [-0.39, 0.29) is 17.0 Å². The molecule has 1 aliphatic rings. The normalized spacial score (nSPS) is 14.8. The largest absolute Gasteiger partial charge is 0.416 e.